The highest BCUT2D eigenvalue weighted by atomic mass is 16.7. The molecule has 1 heterocycles. The van der Waals surface area contributed by atoms with E-state index in [9.17, 15) is 4.79 Å². The van der Waals surface area contributed by atoms with Gasteiger partial charge in [-0.3, -0.25) is 4.79 Å². The van der Waals surface area contributed by atoms with Crippen LogP contribution >= 0.6 is 0 Å². The zero-order valence-electron chi connectivity index (χ0n) is 16.0. The molecular formula is C24H28N2O3. The lowest BCUT2D eigenvalue weighted by molar-refractivity contribution is -0.118. The molecule has 5 heteroatoms. The fourth-order valence-electron chi connectivity index (χ4n) is 3.84. The highest BCUT2D eigenvalue weighted by Crippen LogP contribution is 2.51. The molecule has 3 aromatic rings. The molecule has 0 unspecified atom stereocenters. The Morgan fingerprint density at radius 1 is 0.966 bits per heavy atom. The first kappa shape index (κ1) is 17.8. The number of carbonyl (C=O) groups excluding carboxylic acids is 1. The maximum atomic E-state index is 13.0. The minimum atomic E-state index is -0.477. The van der Waals surface area contributed by atoms with E-state index >= 15 is 0 Å². The number of nitrogens with two attached hydrogens (primary N) is 1. The Balaban J connectivity index is 0.00000121. The molecule has 1 aliphatic carbocycles. The van der Waals surface area contributed by atoms with Crippen molar-refractivity contribution in [3.8, 4) is 22.6 Å². The molecule has 1 aliphatic heterocycles. The smallest absolute Gasteiger partial charge is 0.235 e. The van der Waals surface area contributed by atoms with Gasteiger partial charge in [-0.25, -0.2) is 0 Å². The van der Waals surface area contributed by atoms with E-state index in [1.54, 1.807) is 0 Å². The van der Waals surface area contributed by atoms with Crippen LogP contribution in [0.15, 0.2) is 66.7 Å². The molecule has 3 aromatic carbocycles. The van der Waals surface area contributed by atoms with Crippen LogP contribution in [0.4, 0.5) is 5.69 Å². The summed E-state index contributed by atoms with van der Waals surface area (Å²) >= 11 is 0. The molecule has 3 N–H and O–H groups in total. The molecule has 5 nitrogen and oxygen atoms in total. The zero-order valence-corrected chi connectivity index (χ0v) is 16.0. The summed E-state index contributed by atoms with van der Waals surface area (Å²) in [5.41, 5.74) is 10.3. The number of fused-ring (bicyclic) bond motifs is 1. The second kappa shape index (κ2) is 6.94. The van der Waals surface area contributed by atoms with E-state index in [1.807, 2.05) is 54.6 Å². The molecule has 0 spiro atoms. The second-order valence-electron chi connectivity index (χ2n) is 7.59. The van der Waals surface area contributed by atoms with E-state index in [0.717, 1.165) is 46.5 Å². The number of carbonyl (C=O) groups is 1. The molecule has 152 valence electrons. The second-order valence-corrected chi connectivity index (χ2v) is 7.59. The Labute approximate surface area is 173 Å². The molecule has 0 radical (unpaired) electrons. The molecule has 1 saturated carbocycles. The van der Waals surface area contributed by atoms with Gasteiger partial charge >= 0.3 is 0 Å². The molecular weight excluding hydrogens is 364 g/mol. The van der Waals surface area contributed by atoms with Crippen LogP contribution in [-0.4, -0.2) is 12.7 Å². The monoisotopic (exact) mass is 392 g/mol. The van der Waals surface area contributed by atoms with Gasteiger partial charge < -0.3 is 20.5 Å². The minimum absolute atomic E-state index is 0. The van der Waals surface area contributed by atoms with Crippen molar-refractivity contribution in [3.05, 3.63) is 77.9 Å². The van der Waals surface area contributed by atoms with Gasteiger partial charge in [0, 0.05) is 16.5 Å². The fourth-order valence-corrected chi connectivity index (χ4v) is 3.84. The van der Waals surface area contributed by atoms with Gasteiger partial charge in [-0.2, -0.15) is 0 Å². The van der Waals surface area contributed by atoms with Crippen molar-refractivity contribution < 1.29 is 18.5 Å². The number of ether oxygens (including phenoxy) is 2. The summed E-state index contributed by atoms with van der Waals surface area (Å²) in [6.07, 6.45) is 1.67. The molecule has 1 fully saturated rings. The summed E-state index contributed by atoms with van der Waals surface area (Å²) in [7, 11) is 0. The lowest BCUT2D eigenvalue weighted by Gasteiger charge is -2.16. The summed E-state index contributed by atoms with van der Waals surface area (Å²) in [6.45, 7) is 0.752. The third kappa shape index (κ3) is 3.23. The van der Waals surface area contributed by atoms with Crippen molar-refractivity contribution >= 4 is 11.6 Å². The maximum absolute atomic E-state index is 13.0. The lowest BCUT2D eigenvalue weighted by Crippen LogP contribution is -2.27. The van der Waals surface area contributed by atoms with Crippen LogP contribution in [0.3, 0.4) is 0 Å². The number of rotatable bonds is 5. The molecule has 5 rings (SSSR count). The summed E-state index contributed by atoms with van der Waals surface area (Å²) in [6, 6.07) is 21.9. The van der Waals surface area contributed by atoms with Crippen molar-refractivity contribution in [1.29, 1.82) is 0 Å². The fraction of sp³-hybridized carbons (Fsp3) is 0.208. The van der Waals surface area contributed by atoms with Crippen LogP contribution in [0, 0.1) is 0 Å². The zero-order chi connectivity index (χ0) is 19.8. The molecule has 0 bridgehead atoms. The summed E-state index contributed by atoms with van der Waals surface area (Å²) < 4.78 is 10.8. The standard InChI is InChI=1S/C24H22N2O3.3H2/c25-14-16-2-1-3-18(12-16)17-4-7-20(8-5-17)26-23(27)24(10-11-24)19-6-9-21-22(13-19)29-15-28-21;;;/h1-9,12-13H,10-11,14-15,25H2,(H,26,27);3*1H. The van der Waals surface area contributed by atoms with E-state index in [-0.39, 0.29) is 17.0 Å². The SMILES string of the molecule is NCc1cccc(-c2ccc(NC(=O)C3(c4ccc5c(c4)OCO5)CC3)cc2)c1.[HH].[HH].[HH]. The Bertz CT molecular complexity index is 1090. The first-order chi connectivity index (χ1) is 14.2. The molecule has 29 heavy (non-hydrogen) atoms. The summed E-state index contributed by atoms with van der Waals surface area (Å²) in [4.78, 5) is 13.0. The minimum Gasteiger partial charge on any atom is -0.454 e. The Hall–Kier alpha value is -3.31. The molecule has 0 aromatic heterocycles. The van der Waals surface area contributed by atoms with Crippen molar-refractivity contribution in [2.75, 3.05) is 12.1 Å². The Morgan fingerprint density at radius 3 is 2.52 bits per heavy atom. The van der Waals surface area contributed by atoms with Gasteiger partial charge in [0.05, 0.1) is 5.41 Å². The van der Waals surface area contributed by atoms with Crippen molar-refractivity contribution in [3.63, 3.8) is 0 Å². The van der Waals surface area contributed by atoms with Crippen LogP contribution in [-0.2, 0) is 16.8 Å². The average Bonchev–Trinajstić information content (AvgIpc) is 3.45. The molecule has 2 aliphatic rings. The van der Waals surface area contributed by atoms with Crippen LogP contribution in [0.1, 0.15) is 28.2 Å². The van der Waals surface area contributed by atoms with E-state index < -0.39 is 5.41 Å². The number of nitrogens with one attached hydrogen (secondary N) is 1. The van der Waals surface area contributed by atoms with Gasteiger partial charge in [0.1, 0.15) is 0 Å². The summed E-state index contributed by atoms with van der Waals surface area (Å²) in [5, 5.41) is 3.08. The van der Waals surface area contributed by atoms with Gasteiger partial charge in [0.2, 0.25) is 12.7 Å². The average molecular weight is 392 g/mol. The lowest BCUT2D eigenvalue weighted by atomic mass is 9.94. The number of hydrogen-bond acceptors (Lipinski definition) is 4. The van der Waals surface area contributed by atoms with Crippen molar-refractivity contribution in [2.24, 2.45) is 5.73 Å². The van der Waals surface area contributed by atoms with Crippen LogP contribution in [0.2, 0.25) is 0 Å². The largest absolute Gasteiger partial charge is 0.454 e. The quantitative estimate of drug-likeness (QED) is 0.644. The van der Waals surface area contributed by atoms with Gasteiger partial charge in [0.25, 0.3) is 0 Å². The third-order valence-corrected chi connectivity index (χ3v) is 5.75. The number of amides is 1. The van der Waals surface area contributed by atoms with Crippen LogP contribution in [0.5, 0.6) is 11.5 Å². The third-order valence-electron chi connectivity index (χ3n) is 5.75. The number of benzene rings is 3. The Morgan fingerprint density at radius 2 is 1.76 bits per heavy atom. The van der Waals surface area contributed by atoms with Crippen molar-refractivity contribution in [1.82, 2.24) is 0 Å². The molecule has 0 saturated heterocycles. The number of hydrogen-bond donors (Lipinski definition) is 2. The molecule has 0 atom stereocenters. The number of anilines is 1. The topological polar surface area (TPSA) is 73.6 Å². The predicted molar refractivity (Wildman–Crippen MR) is 118 cm³/mol. The van der Waals surface area contributed by atoms with E-state index in [1.165, 1.54) is 0 Å². The maximum Gasteiger partial charge on any atom is 0.235 e. The van der Waals surface area contributed by atoms with E-state index in [0.29, 0.717) is 12.3 Å². The van der Waals surface area contributed by atoms with Gasteiger partial charge in [-0.1, -0.05) is 36.4 Å². The van der Waals surface area contributed by atoms with Gasteiger partial charge in [0.15, 0.2) is 11.5 Å². The predicted octanol–water partition coefficient (Wildman–Crippen LogP) is 4.95. The van der Waals surface area contributed by atoms with Gasteiger partial charge in [-0.05, 0) is 65.4 Å². The van der Waals surface area contributed by atoms with Crippen LogP contribution in [0.25, 0.3) is 11.1 Å². The van der Waals surface area contributed by atoms with Crippen molar-refractivity contribution in [2.45, 2.75) is 24.8 Å². The van der Waals surface area contributed by atoms with E-state index in [4.69, 9.17) is 15.2 Å². The normalized spacial score (nSPS) is 15.8. The highest BCUT2D eigenvalue weighted by molar-refractivity contribution is 6.01. The van der Waals surface area contributed by atoms with E-state index in [2.05, 4.69) is 17.4 Å². The molecule has 1 amide bonds. The highest BCUT2D eigenvalue weighted by Gasteiger charge is 2.51. The first-order valence-electron chi connectivity index (χ1n) is 9.79. The Kier molecular flexibility index (Phi) is 4.25. The summed E-state index contributed by atoms with van der Waals surface area (Å²) in [5.74, 6) is 1.47. The first-order valence-corrected chi connectivity index (χ1v) is 9.79. The van der Waals surface area contributed by atoms with Crippen LogP contribution < -0.4 is 20.5 Å². The van der Waals surface area contributed by atoms with Gasteiger partial charge in [-0.15, -0.1) is 0 Å².